The number of carbonyl (C=O) groups is 1. The maximum atomic E-state index is 11.9. The van der Waals surface area contributed by atoms with Crippen molar-refractivity contribution < 1.29 is 9.53 Å². The second-order valence-corrected chi connectivity index (χ2v) is 5.42. The van der Waals surface area contributed by atoms with Crippen molar-refractivity contribution in [1.29, 1.82) is 0 Å². The molecule has 1 aromatic carbocycles. The molecule has 1 aromatic heterocycles. The predicted molar refractivity (Wildman–Crippen MR) is 80.1 cm³/mol. The second kappa shape index (κ2) is 5.69. The maximum absolute atomic E-state index is 11.9. The van der Waals surface area contributed by atoms with Gasteiger partial charge in [-0.05, 0) is 48.9 Å². The normalized spacial score (nSPS) is 18.0. The highest BCUT2D eigenvalue weighted by molar-refractivity contribution is 5.82. The molecular formula is C16H18N2O3. The van der Waals surface area contributed by atoms with Crippen molar-refractivity contribution in [2.45, 2.75) is 32.4 Å². The van der Waals surface area contributed by atoms with E-state index in [1.165, 1.54) is 0 Å². The van der Waals surface area contributed by atoms with Crippen LogP contribution in [-0.2, 0) is 16.1 Å². The number of aromatic amines is 1. The number of hydrogen-bond donors (Lipinski definition) is 2. The Labute approximate surface area is 122 Å². The first-order chi connectivity index (χ1) is 10.1. The number of ether oxygens (including phenoxy) is 1. The number of benzene rings is 1. The molecule has 2 heterocycles. The van der Waals surface area contributed by atoms with Crippen LogP contribution in [0, 0.1) is 6.92 Å². The standard InChI is InChI=1S/C16H18N2O3/c1-10-7-12-8-11(4-5-13(12)18-15(10)19)9-17-16(20)14-3-2-6-21-14/h4-5,7-8,14H,2-3,6,9H2,1H3,(H,17,20)(H,18,19). The van der Waals surface area contributed by atoms with Crippen molar-refractivity contribution in [1.82, 2.24) is 10.3 Å². The quantitative estimate of drug-likeness (QED) is 0.901. The number of pyridine rings is 1. The summed E-state index contributed by atoms with van der Waals surface area (Å²) < 4.78 is 5.35. The third-order valence-electron chi connectivity index (χ3n) is 3.78. The summed E-state index contributed by atoms with van der Waals surface area (Å²) in [7, 11) is 0. The van der Waals surface area contributed by atoms with E-state index in [0.717, 1.165) is 29.3 Å². The molecule has 1 amide bonds. The average Bonchev–Trinajstić information content (AvgIpc) is 3.00. The summed E-state index contributed by atoms with van der Waals surface area (Å²) in [5, 5.41) is 3.86. The molecule has 0 aliphatic carbocycles. The third-order valence-corrected chi connectivity index (χ3v) is 3.78. The molecule has 21 heavy (non-hydrogen) atoms. The van der Waals surface area contributed by atoms with Gasteiger partial charge in [-0.15, -0.1) is 0 Å². The number of fused-ring (bicyclic) bond motifs is 1. The zero-order valence-electron chi connectivity index (χ0n) is 11.9. The first-order valence-electron chi connectivity index (χ1n) is 7.15. The lowest BCUT2D eigenvalue weighted by Gasteiger charge is -2.11. The van der Waals surface area contributed by atoms with Crippen LogP contribution in [0.4, 0.5) is 0 Å². The molecule has 1 fully saturated rings. The number of aryl methyl sites for hydroxylation is 1. The number of amides is 1. The zero-order chi connectivity index (χ0) is 14.8. The van der Waals surface area contributed by atoms with Gasteiger partial charge >= 0.3 is 0 Å². The van der Waals surface area contributed by atoms with Crippen LogP contribution in [0.3, 0.4) is 0 Å². The van der Waals surface area contributed by atoms with Crippen LogP contribution in [0.5, 0.6) is 0 Å². The molecule has 1 saturated heterocycles. The van der Waals surface area contributed by atoms with E-state index in [2.05, 4.69) is 10.3 Å². The van der Waals surface area contributed by atoms with Crippen LogP contribution in [-0.4, -0.2) is 23.6 Å². The van der Waals surface area contributed by atoms with E-state index < -0.39 is 0 Å². The van der Waals surface area contributed by atoms with Crippen LogP contribution in [0.15, 0.2) is 29.1 Å². The van der Waals surface area contributed by atoms with Crippen molar-refractivity contribution in [3.8, 4) is 0 Å². The Kier molecular flexibility index (Phi) is 3.75. The van der Waals surface area contributed by atoms with Crippen molar-refractivity contribution in [3.63, 3.8) is 0 Å². The monoisotopic (exact) mass is 286 g/mol. The van der Waals surface area contributed by atoms with E-state index in [1.54, 1.807) is 6.92 Å². The number of hydrogen-bond acceptors (Lipinski definition) is 3. The van der Waals surface area contributed by atoms with Crippen molar-refractivity contribution in [3.05, 3.63) is 45.7 Å². The molecule has 110 valence electrons. The SMILES string of the molecule is Cc1cc2cc(CNC(=O)C3CCCO3)ccc2[nH]c1=O. The average molecular weight is 286 g/mol. The van der Waals surface area contributed by atoms with Gasteiger partial charge in [0.25, 0.3) is 5.56 Å². The van der Waals surface area contributed by atoms with Gasteiger partial charge in [0, 0.05) is 24.2 Å². The number of H-pyrrole nitrogens is 1. The van der Waals surface area contributed by atoms with E-state index in [4.69, 9.17) is 4.74 Å². The van der Waals surface area contributed by atoms with Gasteiger partial charge in [-0.25, -0.2) is 0 Å². The van der Waals surface area contributed by atoms with Gasteiger partial charge in [0.1, 0.15) is 6.10 Å². The zero-order valence-corrected chi connectivity index (χ0v) is 11.9. The molecule has 3 rings (SSSR count). The van der Waals surface area contributed by atoms with Gasteiger partial charge in [-0.2, -0.15) is 0 Å². The van der Waals surface area contributed by atoms with Crippen molar-refractivity contribution in [2.75, 3.05) is 6.61 Å². The van der Waals surface area contributed by atoms with Crippen LogP contribution >= 0.6 is 0 Å². The summed E-state index contributed by atoms with van der Waals surface area (Å²) in [6.07, 6.45) is 1.44. The molecule has 5 heteroatoms. The molecule has 0 spiro atoms. The summed E-state index contributed by atoms with van der Waals surface area (Å²) in [5.41, 5.74) is 2.42. The molecule has 1 aliphatic heterocycles. The molecule has 1 aliphatic rings. The van der Waals surface area contributed by atoms with E-state index >= 15 is 0 Å². The topological polar surface area (TPSA) is 71.2 Å². The van der Waals surface area contributed by atoms with Crippen molar-refractivity contribution >= 4 is 16.8 Å². The summed E-state index contributed by atoms with van der Waals surface area (Å²) >= 11 is 0. The van der Waals surface area contributed by atoms with Gasteiger partial charge < -0.3 is 15.0 Å². The van der Waals surface area contributed by atoms with Crippen LogP contribution < -0.4 is 10.9 Å². The fourth-order valence-electron chi connectivity index (χ4n) is 2.56. The lowest BCUT2D eigenvalue weighted by Crippen LogP contribution is -2.33. The van der Waals surface area contributed by atoms with Gasteiger partial charge in [0.15, 0.2) is 0 Å². The number of nitrogens with one attached hydrogen (secondary N) is 2. The van der Waals surface area contributed by atoms with Crippen molar-refractivity contribution in [2.24, 2.45) is 0 Å². The van der Waals surface area contributed by atoms with Gasteiger partial charge in [-0.1, -0.05) is 6.07 Å². The highest BCUT2D eigenvalue weighted by Crippen LogP contribution is 2.15. The summed E-state index contributed by atoms with van der Waals surface area (Å²) in [5.74, 6) is -0.0507. The lowest BCUT2D eigenvalue weighted by molar-refractivity contribution is -0.130. The van der Waals surface area contributed by atoms with E-state index in [-0.39, 0.29) is 17.6 Å². The van der Waals surface area contributed by atoms with Gasteiger partial charge in [0.2, 0.25) is 5.91 Å². The largest absolute Gasteiger partial charge is 0.368 e. The number of aromatic nitrogens is 1. The lowest BCUT2D eigenvalue weighted by atomic mass is 10.1. The molecule has 0 saturated carbocycles. The smallest absolute Gasteiger partial charge is 0.251 e. The Morgan fingerprint density at radius 2 is 2.29 bits per heavy atom. The minimum Gasteiger partial charge on any atom is -0.368 e. The Morgan fingerprint density at radius 1 is 1.43 bits per heavy atom. The third kappa shape index (κ3) is 2.97. The molecule has 2 aromatic rings. The fourth-order valence-corrected chi connectivity index (χ4v) is 2.56. The minimum absolute atomic E-state index is 0.0507. The Bertz CT molecular complexity index is 730. The predicted octanol–water partition coefficient (Wildman–Crippen LogP) is 1.63. The van der Waals surface area contributed by atoms with Crippen LogP contribution in [0.1, 0.15) is 24.0 Å². The Hall–Kier alpha value is -2.14. The first kappa shape index (κ1) is 13.8. The fraction of sp³-hybridized carbons (Fsp3) is 0.375. The molecule has 2 N–H and O–H groups in total. The van der Waals surface area contributed by atoms with E-state index in [1.807, 2.05) is 24.3 Å². The molecule has 0 radical (unpaired) electrons. The Morgan fingerprint density at radius 3 is 3.05 bits per heavy atom. The summed E-state index contributed by atoms with van der Waals surface area (Å²) in [4.78, 5) is 26.3. The summed E-state index contributed by atoms with van der Waals surface area (Å²) in [6, 6.07) is 7.61. The van der Waals surface area contributed by atoms with E-state index in [9.17, 15) is 9.59 Å². The van der Waals surface area contributed by atoms with Crippen LogP contribution in [0.25, 0.3) is 10.9 Å². The summed E-state index contributed by atoms with van der Waals surface area (Å²) in [6.45, 7) is 2.91. The molecule has 5 nitrogen and oxygen atoms in total. The maximum Gasteiger partial charge on any atom is 0.251 e. The second-order valence-electron chi connectivity index (χ2n) is 5.42. The molecule has 1 atom stereocenters. The van der Waals surface area contributed by atoms with Gasteiger partial charge in [0.05, 0.1) is 0 Å². The minimum atomic E-state index is -0.302. The Balaban J connectivity index is 1.73. The highest BCUT2D eigenvalue weighted by Gasteiger charge is 2.22. The first-order valence-corrected chi connectivity index (χ1v) is 7.15. The van der Waals surface area contributed by atoms with Gasteiger partial charge in [-0.3, -0.25) is 9.59 Å². The van der Waals surface area contributed by atoms with E-state index in [0.29, 0.717) is 18.7 Å². The number of carbonyl (C=O) groups excluding carboxylic acids is 1. The highest BCUT2D eigenvalue weighted by atomic mass is 16.5. The molecule has 0 bridgehead atoms. The van der Waals surface area contributed by atoms with Crippen LogP contribution in [0.2, 0.25) is 0 Å². The molecule has 1 unspecified atom stereocenters. The molecular weight excluding hydrogens is 268 g/mol. The number of rotatable bonds is 3.